The summed E-state index contributed by atoms with van der Waals surface area (Å²) in [4.78, 5) is 0. The Hall–Kier alpha value is -1.32. The van der Waals surface area contributed by atoms with Crippen LogP contribution in [0.15, 0.2) is 30.3 Å². The average molecular weight is 317 g/mol. The van der Waals surface area contributed by atoms with Crippen LogP contribution in [0.5, 0.6) is 5.75 Å². The van der Waals surface area contributed by atoms with Gasteiger partial charge in [0.25, 0.3) is 0 Å². The number of hydrogen-bond donors (Lipinski definition) is 0. The van der Waals surface area contributed by atoms with Crippen LogP contribution in [0.4, 0.5) is 8.78 Å². The molecule has 1 nitrogen and oxygen atoms in total. The van der Waals surface area contributed by atoms with E-state index >= 15 is 0 Å². The summed E-state index contributed by atoms with van der Waals surface area (Å²) in [6, 6.07) is 7.26. The summed E-state index contributed by atoms with van der Waals surface area (Å²) >= 11 is 12.2. The van der Waals surface area contributed by atoms with E-state index in [1.165, 1.54) is 7.11 Å². The second-order valence-electron chi connectivity index (χ2n) is 4.38. The van der Waals surface area contributed by atoms with Gasteiger partial charge in [0.15, 0.2) is 0 Å². The first-order chi connectivity index (χ1) is 9.43. The van der Waals surface area contributed by atoms with Crippen molar-refractivity contribution in [3.63, 3.8) is 0 Å². The minimum absolute atomic E-state index is 0.106. The molecule has 0 heterocycles. The lowest BCUT2D eigenvalue weighted by molar-refractivity contribution is 0.405. The number of rotatable bonds is 3. The maximum Gasteiger partial charge on any atom is 0.134 e. The minimum atomic E-state index is -0.959. The lowest BCUT2D eigenvalue weighted by Gasteiger charge is -2.14. The first-order valence-corrected chi connectivity index (χ1v) is 6.68. The number of benzene rings is 2. The Kier molecular flexibility index (Phi) is 4.51. The summed E-state index contributed by atoms with van der Waals surface area (Å²) in [7, 11) is 1.34. The first-order valence-electron chi connectivity index (χ1n) is 5.87. The van der Waals surface area contributed by atoms with Crippen molar-refractivity contribution >= 4 is 23.2 Å². The molecule has 0 spiro atoms. The van der Waals surface area contributed by atoms with Gasteiger partial charge in [0.2, 0.25) is 0 Å². The summed E-state index contributed by atoms with van der Waals surface area (Å²) in [5.41, 5.74) is 1.19. The molecule has 0 fully saturated rings. The summed E-state index contributed by atoms with van der Waals surface area (Å²) in [6.07, 6.45) is 0. The summed E-state index contributed by atoms with van der Waals surface area (Å²) in [5.74, 6) is -1.40. The molecular formula is C15H12Cl2F2O. The molecule has 20 heavy (non-hydrogen) atoms. The number of methoxy groups -OCH3 is 1. The Morgan fingerprint density at radius 2 is 1.70 bits per heavy atom. The molecular weight excluding hydrogens is 305 g/mol. The van der Waals surface area contributed by atoms with E-state index in [1.54, 1.807) is 18.2 Å². The number of alkyl halides is 1. The summed E-state index contributed by atoms with van der Waals surface area (Å²) in [5, 5.41) is -0.457. The van der Waals surface area contributed by atoms with Crippen LogP contribution < -0.4 is 4.74 Å². The monoisotopic (exact) mass is 316 g/mol. The highest BCUT2D eigenvalue weighted by Gasteiger charge is 2.21. The number of halogens is 4. The Labute approximate surface area is 126 Å². The van der Waals surface area contributed by atoms with Crippen molar-refractivity contribution in [1.82, 2.24) is 0 Å². The third kappa shape index (κ3) is 2.89. The Morgan fingerprint density at radius 3 is 2.20 bits per heavy atom. The third-order valence-electron chi connectivity index (χ3n) is 3.03. The second kappa shape index (κ2) is 5.98. The van der Waals surface area contributed by atoms with Crippen molar-refractivity contribution in [2.45, 2.75) is 12.3 Å². The molecule has 0 amide bonds. The van der Waals surface area contributed by atoms with Crippen molar-refractivity contribution in [2.75, 3.05) is 7.11 Å². The van der Waals surface area contributed by atoms with Gasteiger partial charge in [-0.05, 0) is 24.1 Å². The highest BCUT2D eigenvalue weighted by molar-refractivity contribution is 6.31. The average Bonchev–Trinajstić information content (AvgIpc) is 2.40. The van der Waals surface area contributed by atoms with Gasteiger partial charge in [-0.15, -0.1) is 11.6 Å². The Morgan fingerprint density at radius 1 is 1.10 bits per heavy atom. The van der Waals surface area contributed by atoms with Crippen molar-refractivity contribution in [3.8, 4) is 5.75 Å². The van der Waals surface area contributed by atoms with Crippen molar-refractivity contribution in [1.29, 1.82) is 0 Å². The fraction of sp³-hybridized carbons (Fsp3) is 0.200. The minimum Gasteiger partial charge on any atom is -0.497 e. The highest BCUT2D eigenvalue weighted by Crippen LogP contribution is 2.35. The molecule has 1 atom stereocenters. The van der Waals surface area contributed by atoms with Gasteiger partial charge >= 0.3 is 0 Å². The quantitative estimate of drug-likeness (QED) is 0.701. The maximum absolute atomic E-state index is 14.0. The lowest BCUT2D eigenvalue weighted by Crippen LogP contribution is -2.02. The fourth-order valence-electron chi connectivity index (χ4n) is 1.85. The van der Waals surface area contributed by atoms with Gasteiger partial charge in [0, 0.05) is 22.7 Å². The van der Waals surface area contributed by atoms with E-state index in [4.69, 9.17) is 27.9 Å². The molecule has 5 heteroatoms. The van der Waals surface area contributed by atoms with Gasteiger partial charge in [-0.2, -0.15) is 0 Å². The smallest absolute Gasteiger partial charge is 0.134 e. The van der Waals surface area contributed by atoms with E-state index in [9.17, 15) is 8.78 Å². The molecule has 0 aliphatic heterocycles. The number of hydrogen-bond acceptors (Lipinski definition) is 1. The Balaban J connectivity index is 2.47. The van der Waals surface area contributed by atoms with Gasteiger partial charge in [-0.25, -0.2) is 8.78 Å². The third-order valence-corrected chi connectivity index (χ3v) is 3.91. The molecule has 0 saturated carbocycles. The van der Waals surface area contributed by atoms with E-state index < -0.39 is 17.0 Å². The molecule has 0 aromatic heterocycles. The SMILES string of the molecule is COc1cc(F)c(C(Cl)c2ccc(C)c(Cl)c2)c(F)c1. The number of ether oxygens (including phenoxy) is 1. The highest BCUT2D eigenvalue weighted by atomic mass is 35.5. The van der Waals surface area contributed by atoms with Crippen LogP contribution in [-0.2, 0) is 0 Å². The van der Waals surface area contributed by atoms with Crippen LogP contribution >= 0.6 is 23.2 Å². The molecule has 2 aromatic rings. The molecule has 0 radical (unpaired) electrons. The van der Waals surface area contributed by atoms with Gasteiger partial charge in [0.1, 0.15) is 17.4 Å². The molecule has 0 bridgehead atoms. The van der Waals surface area contributed by atoms with Crippen LogP contribution in [0.3, 0.4) is 0 Å². The summed E-state index contributed by atoms with van der Waals surface area (Å²) < 4.78 is 32.8. The fourth-order valence-corrected chi connectivity index (χ4v) is 2.39. The van der Waals surface area contributed by atoms with Crippen molar-refractivity contribution < 1.29 is 13.5 Å². The van der Waals surface area contributed by atoms with E-state index in [-0.39, 0.29) is 11.3 Å². The predicted molar refractivity (Wildman–Crippen MR) is 76.8 cm³/mol. The maximum atomic E-state index is 14.0. The van der Waals surface area contributed by atoms with E-state index in [0.717, 1.165) is 17.7 Å². The molecule has 2 aromatic carbocycles. The zero-order chi connectivity index (χ0) is 14.9. The normalized spacial score (nSPS) is 12.3. The predicted octanol–water partition coefficient (Wildman–Crippen LogP) is 5.26. The molecule has 0 aliphatic rings. The van der Waals surface area contributed by atoms with Crippen LogP contribution in [0.25, 0.3) is 0 Å². The molecule has 1 unspecified atom stereocenters. The topological polar surface area (TPSA) is 9.23 Å². The molecule has 0 N–H and O–H groups in total. The summed E-state index contributed by atoms with van der Waals surface area (Å²) in [6.45, 7) is 1.84. The van der Waals surface area contributed by atoms with E-state index in [2.05, 4.69) is 0 Å². The Bertz CT molecular complexity index is 621. The van der Waals surface area contributed by atoms with Crippen molar-refractivity contribution in [2.24, 2.45) is 0 Å². The number of aryl methyl sites for hydroxylation is 1. The van der Waals surface area contributed by atoms with Crippen LogP contribution in [0.1, 0.15) is 22.1 Å². The zero-order valence-electron chi connectivity index (χ0n) is 10.9. The molecule has 106 valence electrons. The standard InChI is InChI=1S/C15H12Cl2F2O/c1-8-3-4-9(5-11(8)16)15(17)14-12(18)6-10(20-2)7-13(14)19/h3-7,15H,1-2H3. The molecule has 0 aliphatic carbocycles. The van der Waals surface area contributed by atoms with Gasteiger partial charge in [-0.1, -0.05) is 23.7 Å². The van der Waals surface area contributed by atoms with Gasteiger partial charge < -0.3 is 4.74 Å². The zero-order valence-corrected chi connectivity index (χ0v) is 12.4. The first kappa shape index (κ1) is 15.1. The molecule has 2 rings (SSSR count). The lowest BCUT2D eigenvalue weighted by atomic mass is 10.0. The molecule has 0 saturated heterocycles. The van der Waals surface area contributed by atoms with Crippen LogP contribution in [0, 0.1) is 18.6 Å². The second-order valence-corrected chi connectivity index (χ2v) is 5.22. The van der Waals surface area contributed by atoms with Gasteiger partial charge in [-0.3, -0.25) is 0 Å². The van der Waals surface area contributed by atoms with Gasteiger partial charge in [0.05, 0.1) is 12.5 Å². The van der Waals surface area contributed by atoms with Crippen molar-refractivity contribution in [3.05, 3.63) is 63.7 Å². The van der Waals surface area contributed by atoms with E-state index in [1.807, 2.05) is 6.92 Å². The van der Waals surface area contributed by atoms with Crippen LogP contribution in [0.2, 0.25) is 5.02 Å². The van der Waals surface area contributed by atoms with E-state index in [0.29, 0.717) is 10.6 Å². The largest absolute Gasteiger partial charge is 0.497 e. The van der Waals surface area contributed by atoms with Crippen LogP contribution in [-0.4, -0.2) is 7.11 Å².